The number of methoxy groups -OCH3 is 3. The maximum atomic E-state index is 13.6. The first-order valence-corrected chi connectivity index (χ1v) is 7.12. The number of anilines is 1. The van der Waals surface area contributed by atoms with Gasteiger partial charge in [-0.3, -0.25) is 4.79 Å². The SMILES string of the molecule is COc1ccc(OC)c(NC(=O)/C=C/c2ccc(OC)c(F)c2)c1. The van der Waals surface area contributed by atoms with Crippen molar-refractivity contribution in [3.05, 3.63) is 53.9 Å². The number of carbonyl (C=O) groups is 1. The molecule has 0 fully saturated rings. The zero-order valence-electron chi connectivity index (χ0n) is 13.6. The monoisotopic (exact) mass is 331 g/mol. The number of carbonyl (C=O) groups excluding carboxylic acids is 1. The van der Waals surface area contributed by atoms with Crippen molar-refractivity contribution in [1.29, 1.82) is 0 Å². The van der Waals surface area contributed by atoms with Crippen molar-refractivity contribution in [2.45, 2.75) is 0 Å². The van der Waals surface area contributed by atoms with E-state index in [9.17, 15) is 9.18 Å². The second kappa shape index (κ2) is 8.01. The van der Waals surface area contributed by atoms with E-state index in [1.165, 1.54) is 45.6 Å². The topological polar surface area (TPSA) is 56.8 Å². The summed E-state index contributed by atoms with van der Waals surface area (Å²) in [7, 11) is 4.43. The molecule has 2 aromatic rings. The lowest BCUT2D eigenvalue weighted by Gasteiger charge is -2.10. The highest BCUT2D eigenvalue weighted by Crippen LogP contribution is 2.28. The predicted octanol–water partition coefficient (Wildman–Crippen LogP) is 3.50. The third-order valence-electron chi connectivity index (χ3n) is 3.27. The van der Waals surface area contributed by atoms with Gasteiger partial charge < -0.3 is 19.5 Å². The van der Waals surface area contributed by atoms with Crippen LogP contribution >= 0.6 is 0 Å². The van der Waals surface area contributed by atoms with Gasteiger partial charge in [0.05, 0.1) is 27.0 Å². The number of amides is 1. The first kappa shape index (κ1) is 17.3. The van der Waals surface area contributed by atoms with E-state index in [-0.39, 0.29) is 11.7 Å². The van der Waals surface area contributed by atoms with Crippen molar-refractivity contribution in [2.75, 3.05) is 26.6 Å². The number of rotatable bonds is 6. The summed E-state index contributed by atoms with van der Waals surface area (Å²) in [4.78, 5) is 12.0. The minimum absolute atomic E-state index is 0.151. The van der Waals surface area contributed by atoms with Gasteiger partial charge in [-0.15, -0.1) is 0 Å². The van der Waals surface area contributed by atoms with E-state index in [0.29, 0.717) is 22.7 Å². The second-order valence-corrected chi connectivity index (χ2v) is 4.78. The van der Waals surface area contributed by atoms with Gasteiger partial charge in [0, 0.05) is 12.1 Å². The van der Waals surface area contributed by atoms with Crippen LogP contribution in [0.4, 0.5) is 10.1 Å². The van der Waals surface area contributed by atoms with Crippen molar-refractivity contribution in [2.24, 2.45) is 0 Å². The Morgan fingerprint density at radius 1 is 1.00 bits per heavy atom. The van der Waals surface area contributed by atoms with E-state index >= 15 is 0 Å². The minimum Gasteiger partial charge on any atom is -0.497 e. The maximum Gasteiger partial charge on any atom is 0.248 e. The first-order chi connectivity index (χ1) is 11.6. The number of hydrogen-bond donors (Lipinski definition) is 1. The fourth-order valence-corrected chi connectivity index (χ4v) is 2.04. The smallest absolute Gasteiger partial charge is 0.248 e. The van der Waals surface area contributed by atoms with E-state index in [1.807, 2.05) is 0 Å². The van der Waals surface area contributed by atoms with Crippen LogP contribution in [0.15, 0.2) is 42.5 Å². The average Bonchev–Trinajstić information content (AvgIpc) is 2.60. The zero-order valence-corrected chi connectivity index (χ0v) is 13.6. The molecule has 0 saturated carbocycles. The van der Waals surface area contributed by atoms with Crippen LogP contribution in [0.25, 0.3) is 6.08 Å². The molecule has 126 valence electrons. The molecule has 0 aliphatic heterocycles. The Morgan fingerprint density at radius 3 is 2.33 bits per heavy atom. The van der Waals surface area contributed by atoms with Gasteiger partial charge in [0.15, 0.2) is 11.6 Å². The predicted molar refractivity (Wildman–Crippen MR) is 90.2 cm³/mol. The van der Waals surface area contributed by atoms with Gasteiger partial charge in [0.1, 0.15) is 11.5 Å². The van der Waals surface area contributed by atoms with Crippen molar-refractivity contribution >= 4 is 17.7 Å². The Morgan fingerprint density at radius 2 is 1.71 bits per heavy atom. The van der Waals surface area contributed by atoms with Crippen molar-refractivity contribution in [1.82, 2.24) is 0 Å². The summed E-state index contributed by atoms with van der Waals surface area (Å²) >= 11 is 0. The fraction of sp³-hybridized carbons (Fsp3) is 0.167. The summed E-state index contributed by atoms with van der Waals surface area (Å²) in [6.45, 7) is 0. The largest absolute Gasteiger partial charge is 0.497 e. The summed E-state index contributed by atoms with van der Waals surface area (Å²) in [6, 6.07) is 9.50. The molecule has 0 heterocycles. The van der Waals surface area contributed by atoms with Crippen molar-refractivity contribution in [3.8, 4) is 17.2 Å². The molecular weight excluding hydrogens is 313 g/mol. The molecule has 0 aliphatic carbocycles. The molecule has 0 atom stereocenters. The van der Waals surface area contributed by atoms with Crippen LogP contribution in [0.5, 0.6) is 17.2 Å². The van der Waals surface area contributed by atoms with Crippen LogP contribution in [0.1, 0.15) is 5.56 Å². The molecule has 0 unspecified atom stereocenters. The van der Waals surface area contributed by atoms with Gasteiger partial charge >= 0.3 is 0 Å². The summed E-state index contributed by atoms with van der Waals surface area (Å²) in [5.74, 6) is 0.380. The molecular formula is C18H18FNO4. The molecule has 0 aliphatic rings. The standard InChI is InChI=1S/C18H18FNO4/c1-22-13-6-8-17(24-3)15(11-13)20-18(21)9-5-12-4-7-16(23-2)14(19)10-12/h4-11H,1-3H3,(H,20,21)/b9-5+. The van der Waals surface area contributed by atoms with Crippen LogP contribution in [-0.2, 0) is 4.79 Å². The van der Waals surface area contributed by atoms with Crippen LogP contribution in [0.2, 0.25) is 0 Å². The number of hydrogen-bond acceptors (Lipinski definition) is 4. The minimum atomic E-state index is -0.491. The molecule has 1 N–H and O–H groups in total. The number of ether oxygens (including phenoxy) is 3. The molecule has 0 aromatic heterocycles. The molecule has 2 aromatic carbocycles. The molecule has 0 spiro atoms. The zero-order chi connectivity index (χ0) is 17.5. The maximum absolute atomic E-state index is 13.6. The molecule has 0 radical (unpaired) electrons. The van der Waals surface area contributed by atoms with Crippen molar-refractivity contribution in [3.63, 3.8) is 0 Å². The van der Waals surface area contributed by atoms with Gasteiger partial charge in [-0.05, 0) is 35.9 Å². The highest BCUT2D eigenvalue weighted by atomic mass is 19.1. The van der Waals surface area contributed by atoms with Crippen molar-refractivity contribution < 1.29 is 23.4 Å². The van der Waals surface area contributed by atoms with E-state index in [2.05, 4.69) is 5.32 Å². The molecule has 2 rings (SSSR count). The Labute approximate surface area is 139 Å². The third-order valence-corrected chi connectivity index (χ3v) is 3.27. The molecule has 1 amide bonds. The van der Waals surface area contributed by atoms with E-state index < -0.39 is 5.82 Å². The Balaban J connectivity index is 2.11. The first-order valence-electron chi connectivity index (χ1n) is 7.12. The molecule has 6 heteroatoms. The summed E-state index contributed by atoms with van der Waals surface area (Å²) < 4.78 is 28.8. The Hall–Kier alpha value is -3.02. The number of nitrogens with one attached hydrogen (secondary N) is 1. The summed E-state index contributed by atoms with van der Waals surface area (Å²) in [5.41, 5.74) is 1.02. The quantitative estimate of drug-likeness (QED) is 0.823. The van der Waals surface area contributed by atoms with Crippen LogP contribution < -0.4 is 19.5 Å². The molecule has 0 bridgehead atoms. The summed E-state index contributed by atoms with van der Waals surface area (Å²) in [6.07, 6.45) is 2.81. The molecule has 24 heavy (non-hydrogen) atoms. The molecule has 0 saturated heterocycles. The van der Waals surface area contributed by atoms with Gasteiger partial charge in [0.2, 0.25) is 5.91 Å². The van der Waals surface area contributed by atoms with E-state index in [4.69, 9.17) is 14.2 Å². The lowest BCUT2D eigenvalue weighted by molar-refractivity contribution is -0.111. The average molecular weight is 331 g/mol. The fourth-order valence-electron chi connectivity index (χ4n) is 2.04. The van der Waals surface area contributed by atoms with Gasteiger partial charge in [-0.1, -0.05) is 6.07 Å². The van der Waals surface area contributed by atoms with E-state index in [0.717, 1.165) is 0 Å². The van der Waals surface area contributed by atoms with E-state index in [1.54, 1.807) is 24.3 Å². The lowest BCUT2D eigenvalue weighted by atomic mass is 10.2. The highest BCUT2D eigenvalue weighted by molar-refractivity contribution is 6.02. The number of halogens is 1. The number of benzene rings is 2. The van der Waals surface area contributed by atoms with Gasteiger partial charge in [-0.25, -0.2) is 4.39 Å². The van der Waals surface area contributed by atoms with Crippen LogP contribution in [-0.4, -0.2) is 27.2 Å². The Kier molecular flexibility index (Phi) is 5.78. The van der Waals surface area contributed by atoms with Crippen LogP contribution in [0.3, 0.4) is 0 Å². The van der Waals surface area contributed by atoms with Gasteiger partial charge in [0.25, 0.3) is 0 Å². The second-order valence-electron chi connectivity index (χ2n) is 4.78. The Bertz CT molecular complexity index is 759. The highest BCUT2D eigenvalue weighted by Gasteiger charge is 2.07. The lowest BCUT2D eigenvalue weighted by Crippen LogP contribution is -2.09. The van der Waals surface area contributed by atoms with Crippen LogP contribution in [0, 0.1) is 5.82 Å². The molecule has 5 nitrogen and oxygen atoms in total. The normalized spacial score (nSPS) is 10.5. The third kappa shape index (κ3) is 4.25. The van der Waals surface area contributed by atoms with Gasteiger partial charge in [-0.2, -0.15) is 0 Å². The summed E-state index contributed by atoms with van der Waals surface area (Å²) in [5, 5.41) is 2.69.